The number of nitrogens with zero attached hydrogens (tertiary/aromatic N) is 1. The number of para-hydroxylation sites is 1. The number of anilines is 1. The molecule has 130 valence electrons. The first-order chi connectivity index (χ1) is 12.0. The van der Waals surface area contributed by atoms with Crippen molar-refractivity contribution in [3.05, 3.63) is 71.2 Å². The van der Waals surface area contributed by atoms with E-state index in [1.54, 1.807) is 43.5 Å². The van der Waals surface area contributed by atoms with Gasteiger partial charge in [0.15, 0.2) is 0 Å². The Morgan fingerprint density at radius 1 is 1.20 bits per heavy atom. The van der Waals surface area contributed by atoms with Crippen LogP contribution in [0, 0.1) is 0 Å². The molecule has 0 radical (unpaired) electrons. The number of likely N-dealkylation sites (N-methyl/N-ethyl adjacent to an activating group) is 1. The van der Waals surface area contributed by atoms with Gasteiger partial charge in [-0.15, -0.1) is 0 Å². The average molecular weight is 403 g/mol. The Morgan fingerprint density at radius 2 is 1.88 bits per heavy atom. The number of nitrogens with one attached hydrogen (secondary N) is 1. The van der Waals surface area contributed by atoms with Crippen molar-refractivity contribution in [2.45, 2.75) is 0 Å². The summed E-state index contributed by atoms with van der Waals surface area (Å²) in [5, 5.41) is 2.77. The minimum atomic E-state index is -0.270. The van der Waals surface area contributed by atoms with Crippen molar-refractivity contribution in [2.75, 3.05) is 25.5 Å². The van der Waals surface area contributed by atoms with Crippen molar-refractivity contribution in [3.8, 4) is 5.75 Å². The zero-order valence-electron chi connectivity index (χ0n) is 13.9. The lowest BCUT2D eigenvalue weighted by molar-refractivity contribution is -0.116. The Kier molecular flexibility index (Phi) is 6.77. The van der Waals surface area contributed by atoms with Gasteiger partial charge in [0.25, 0.3) is 5.91 Å². The maximum atomic E-state index is 12.4. The second-order valence-electron chi connectivity index (χ2n) is 5.31. The number of hydrogen-bond donors (Lipinski definition) is 1. The van der Waals surface area contributed by atoms with E-state index in [-0.39, 0.29) is 18.4 Å². The zero-order chi connectivity index (χ0) is 18.2. The number of ether oxygens (including phenoxy) is 1. The standard InChI is InChI=1S/C19H19BrN2O3/c1-3-12-25-15-10-8-14(9-11-15)19(24)22(2)13-18(23)21-17-7-5-4-6-16(17)20/h3-11H,1,12-13H2,2H3,(H,21,23). The van der Waals surface area contributed by atoms with Gasteiger partial charge in [-0.05, 0) is 52.3 Å². The Balaban J connectivity index is 1.94. The molecule has 6 heteroatoms. The second kappa shape index (κ2) is 9.03. The van der Waals surface area contributed by atoms with Crippen LogP contribution in [0.5, 0.6) is 5.75 Å². The molecular formula is C19H19BrN2O3. The molecule has 0 unspecified atom stereocenters. The Labute approximate surface area is 155 Å². The van der Waals surface area contributed by atoms with Crippen molar-refractivity contribution in [3.63, 3.8) is 0 Å². The van der Waals surface area contributed by atoms with Gasteiger partial charge >= 0.3 is 0 Å². The normalized spacial score (nSPS) is 10.0. The third-order valence-electron chi connectivity index (χ3n) is 3.34. The molecule has 5 nitrogen and oxygen atoms in total. The molecule has 2 amide bonds. The molecule has 0 aliphatic carbocycles. The number of carbonyl (C=O) groups excluding carboxylic acids is 2. The zero-order valence-corrected chi connectivity index (χ0v) is 15.5. The topological polar surface area (TPSA) is 58.6 Å². The summed E-state index contributed by atoms with van der Waals surface area (Å²) >= 11 is 3.37. The fourth-order valence-corrected chi connectivity index (χ4v) is 2.49. The predicted molar refractivity (Wildman–Crippen MR) is 102 cm³/mol. The van der Waals surface area contributed by atoms with Gasteiger partial charge in [0.2, 0.25) is 5.91 Å². The molecule has 2 aromatic rings. The molecule has 0 spiro atoms. The number of amides is 2. The van der Waals surface area contributed by atoms with Crippen molar-refractivity contribution in [1.82, 2.24) is 4.90 Å². The van der Waals surface area contributed by atoms with Crippen molar-refractivity contribution in [1.29, 1.82) is 0 Å². The molecule has 0 bridgehead atoms. The maximum Gasteiger partial charge on any atom is 0.254 e. The van der Waals surface area contributed by atoms with Crippen LogP contribution >= 0.6 is 15.9 Å². The molecule has 0 heterocycles. The minimum Gasteiger partial charge on any atom is -0.490 e. The third-order valence-corrected chi connectivity index (χ3v) is 4.04. The summed E-state index contributed by atoms with van der Waals surface area (Å²) in [7, 11) is 1.59. The van der Waals surface area contributed by atoms with E-state index in [0.29, 0.717) is 23.6 Å². The lowest BCUT2D eigenvalue weighted by atomic mass is 10.2. The summed E-state index contributed by atoms with van der Waals surface area (Å²) in [6, 6.07) is 14.1. The van der Waals surface area contributed by atoms with Crippen molar-refractivity contribution >= 4 is 33.4 Å². The molecule has 2 rings (SSSR count). The van der Waals surface area contributed by atoms with E-state index in [1.807, 2.05) is 18.2 Å². The first-order valence-electron chi connectivity index (χ1n) is 7.65. The molecule has 25 heavy (non-hydrogen) atoms. The van der Waals surface area contributed by atoms with Gasteiger partial charge in [-0.1, -0.05) is 24.8 Å². The molecule has 1 N–H and O–H groups in total. The minimum absolute atomic E-state index is 0.0467. The van der Waals surface area contributed by atoms with E-state index < -0.39 is 0 Å². The summed E-state index contributed by atoms with van der Waals surface area (Å²) in [4.78, 5) is 25.9. The molecular weight excluding hydrogens is 384 g/mol. The summed E-state index contributed by atoms with van der Waals surface area (Å²) in [5.74, 6) is 0.150. The van der Waals surface area contributed by atoms with Gasteiger partial charge in [-0.25, -0.2) is 0 Å². The van der Waals surface area contributed by atoms with E-state index in [9.17, 15) is 9.59 Å². The first kappa shape index (κ1) is 18.7. The van der Waals surface area contributed by atoms with Gasteiger partial charge in [0.1, 0.15) is 12.4 Å². The van der Waals surface area contributed by atoms with Gasteiger partial charge in [-0.3, -0.25) is 9.59 Å². The number of carbonyl (C=O) groups is 2. The van der Waals surface area contributed by atoms with E-state index in [2.05, 4.69) is 27.8 Å². The highest BCUT2D eigenvalue weighted by molar-refractivity contribution is 9.10. The largest absolute Gasteiger partial charge is 0.490 e. The van der Waals surface area contributed by atoms with Crippen LogP contribution in [0.15, 0.2) is 65.7 Å². The molecule has 0 atom stereocenters. The van der Waals surface area contributed by atoms with Gasteiger partial charge in [-0.2, -0.15) is 0 Å². The van der Waals surface area contributed by atoms with Crippen LogP contribution in [0.25, 0.3) is 0 Å². The molecule has 0 aliphatic rings. The monoisotopic (exact) mass is 402 g/mol. The van der Waals surface area contributed by atoms with Crippen molar-refractivity contribution in [2.24, 2.45) is 0 Å². The summed E-state index contributed by atoms with van der Waals surface area (Å²) in [6.45, 7) is 3.94. The highest BCUT2D eigenvalue weighted by Gasteiger charge is 2.15. The van der Waals surface area contributed by atoms with Gasteiger partial charge < -0.3 is 15.0 Å². The number of halogens is 1. The number of hydrogen-bond acceptors (Lipinski definition) is 3. The Bertz CT molecular complexity index is 760. The van der Waals surface area contributed by atoms with Crippen LogP contribution in [0.4, 0.5) is 5.69 Å². The average Bonchev–Trinajstić information content (AvgIpc) is 2.61. The van der Waals surface area contributed by atoms with Crippen molar-refractivity contribution < 1.29 is 14.3 Å². The van der Waals surface area contributed by atoms with Gasteiger partial charge in [0.05, 0.1) is 12.2 Å². The van der Waals surface area contributed by atoms with E-state index in [1.165, 1.54) is 4.90 Å². The summed E-state index contributed by atoms with van der Waals surface area (Å²) < 4.78 is 6.17. The fraction of sp³-hybridized carbons (Fsp3) is 0.158. The lowest BCUT2D eigenvalue weighted by Gasteiger charge is -2.17. The van der Waals surface area contributed by atoms with Crippen LogP contribution in [0.3, 0.4) is 0 Å². The highest BCUT2D eigenvalue weighted by atomic mass is 79.9. The molecule has 0 saturated carbocycles. The Hall–Kier alpha value is -2.60. The Morgan fingerprint density at radius 3 is 2.52 bits per heavy atom. The third kappa shape index (κ3) is 5.46. The summed E-state index contributed by atoms with van der Waals surface area (Å²) in [5.41, 5.74) is 1.15. The van der Waals surface area contributed by atoms with Crippen LogP contribution in [-0.4, -0.2) is 36.9 Å². The maximum absolute atomic E-state index is 12.4. The first-order valence-corrected chi connectivity index (χ1v) is 8.44. The molecule has 0 aliphatic heterocycles. The predicted octanol–water partition coefficient (Wildman–Crippen LogP) is 3.72. The quantitative estimate of drug-likeness (QED) is 0.717. The smallest absolute Gasteiger partial charge is 0.254 e. The molecule has 0 aromatic heterocycles. The lowest BCUT2D eigenvalue weighted by Crippen LogP contribution is -2.34. The highest BCUT2D eigenvalue weighted by Crippen LogP contribution is 2.21. The molecule has 0 fully saturated rings. The summed E-state index contributed by atoms with van der Waals surface area (Å²) in [6.07, 6.45) is 1.65. The van der Waals surface area contributed by atoms with Crippen LogP contribution < -0.4 is 10.1 Å². The number of benzene rings is 2. The second-order valence-corrected chi connectivity index (χ2v) is 6.17. The van der Waals surface area contributed by atoms with Crippen LogP contribution in [-0.2, 0) is 4.79 Å². The van der Waals surface area contributed by atoms with Gasteiger partial charge in [0, 0.05) is 17.1 Å². The van der Waals surface area contributed by atoms with Crippen LogP contribution in [0.2, 0.25) is 0 Å². The van der Waals surface area contributed by atoms with Crippen LogP contribution in [0.1, 0.15) is 10.4 Å². The van der Waals surface area contributed by atoms with E-state index >= 15 is 0 Å². The fourth-order valence-electron chi connectivity index (χ4n) is 2.11. The molecule has 2 aromatic carbocycles. The molecule has 0 saturated heterocycles. The number of rotatable bonds is 7. The van der Waals surface area contributed by atoms with E-state index in [0.717, 1.165) is 4.47 Å². The SMILES string of the molecule is C=CCOc1ccc(C(=O)N(C)CC(=O)Nc2ccccc2Br)cc1. The van der Waals surface area contributed by atoms with E-state index in [4.69, 9.17) is 4.74 Å².